The molecule has 1 aromatic heterocycles. The van der Waals surface area contributed by atoms with Gasteiger partial charge in [0.2, 0.25) is 0 Å². The standard InChI is InChI=1S/C36H27N2O3P/c39-38(40)30-22-18-27(19-23-30)25-34-26-29-21-20-28-11-10-24-37-35(28)36(29)41-42(34,31-12-4-1-5-13-31,32-14-6-2-7-15-32)33-16-8-3-9-17-33/h1-25H,26H2. The van der Waals surface area contributed by atoms with Crippen molar-refractivity contribution in [2.45, 2.75) is 6.42 Å². The summed E-state index contributed by atoms with van der Waals surface area (Å²) in [7, 11) is 0. The van der Waals surface area contributed by atoms with Crippen LogP contribution in [0.1, 0.15) is 11.1 Å². The zero-order chi connectivity index (χ0) is 28.6. The SMILES string of the molecule is O=[N+]([O-])c1ccc(C=C2Cc3ccc4cccnc4c3OP2(c2ccccc2)(c2ccccc2)c2ccccc2)cc1. The van der Waals surface area contributed by atoms with Gasteiger partial charge in [0.05, 0.1) is 0 Å². The number of hydrogen-bond acceptors (Lipinski definition) is 4. The van der Waals surface area contributed by atoms with Gasteiger partial charge in [-0.05, 0) is 0 Å². The van der Waals surface area contributed by atoms with Crippen LogP contribution in [0.4, 0.5) is 5.69 Å². The summed E-state index contributed by atoms with van der Waals surface area (Å²) in [4.78, 5) is 15.9. The molecule has 1 aliphatic rings. The second kappa shape index (κ2) is 10.1. The van der Waals surface area contributed by atoms with Crippen molar-refractivity contribution < 1.29 is 9.45 Å². The van der Waals surface area contributed by atoms with Crippen molar-refractivity contribution in [2.75, 3.05) is 0 Å². The van der Waals surface area contributed by atoms with E-state index < -0.39 is 6.83 Å². The summed E-state index contributed by atoms with van der Waals surface area (Å²) in [5.74, 6) is 0.795. The number of nitrogens with zero attached hydrogens (tertiary/aromatic N) is 2. The van der Waals surface area contributed by atoms with E-state index in [4.69, 9.17) is 9.51 Å². The Kier molecular flexibility index (Phi) is 6.18. The normalized spacial score (nSPS) is 17.0. The van der Waals surface area contributed by atoms with E-state index in [9.17, 15) is 10.1 Å². The first-order valence-electron chi connectivity index (χ1n) is 13.8. The molecule has 0 radical (unpaired) electrons. The third-order valence-corrected chi connectivity index (χ3v) is 14.0. The van der Waals surface area contributed by atoms with E-state index in [1.165, 1.54) is 0 Å². The van der Waals surface area contributed by atoms with Crippen LogP contribution in [0.25, 0.3) is 17.0 Å². The molecule has 0 N–H and O–H groups in total. The van der Waals surface area contributed by atoms with Gasteiger partial charge < -0.3 is 0 Å². The summed E-state index contributed by atoms with van der Waals surface area (Å²) in [6.45, 7) is -3.93. The third kappa shape index (κ3) is 3.78. The fraction of sp³-hybridized carbons (Fsp3) is 0.0278. The molecule has 5 aromatic carbocycles. The molecule has 0 aliphatic carbocycles. The number of pyridine rings is 1. The van der Waals surface area contributed by atoms with Gasteiger partial charge in [-0.15, -0.1) is 0 Å². The molecule has 2 heterocycles. The molecule has 42 heavy (non-hydrogen) atoms. The van der Waals surface area contributed by atoms with Crippen LogP contribution in [0.5, 0.6) is 5.75 Å². The van der Waals surface area contributed by atoms with Crippen LogP contribution in [-0.2, 0) is 6.42 Å². The summed E-state index contributed by atoms with van der Waals surface area (Å²) in [6.07, 6.45) is 4.62. The average molecular weight is 567 g/mol. The van der Waals surface area contributed by atoms with E-state index in [0.29, 0.717) is 6.42 Å². The molecule has 204 valence electrons. The topological polar surface area (TPSA) is 65.3 Å². The van der Waals surface area contributed by atoms with Crippen LogP contribution in [0.3, 0.4) is 0 Å². The van der Waals surface area contributed by atoms with Crippen LogP contribution in [0.2, 0.25) is 0 Å². The van der Waals surface area contributed by atoms with Gasteiger partial charge in [0.25, 0.3) is 0 Å². The van der Waals surface area contributed by atoms with Crippen LogP contribution < -0.4 is 20.4 Å². The van der Waals surface area contributed by atoms with Crippen LogP contribution in [0.15, 0.2) is 151 Å². The molecule has 0 saturated carbocycles. The Labute approximate surface area is 243 Å². The predicted octanol–water partition coefficient (Wildman–Crippen LogP) is 7.56. The van der Waals surface area contributed by atoms with E-state index in [-0.39, 0.29) is 10.6 Å². The Hall–Kier alpha value is -5.12. The molecule has 6 aromatic rings. The van der Waals surface area contributed by atoms with Crippen molar-refractivity contribution in [3.05, 3.63) is 172 Å². The summed E-state index contributed by atoms with van der Waals surface area (Å²) in [5.41, 5.74) is 2.82. The maximum absolute atomic E-state index is 11.4. The van der Waals surface area contributed by atoms with Crippen molar-refractivity contribution in [3.63, 3.8) is 0 Å². The summed E-state index contributed by atoms with van der Waals surface area (Å²) in [5, 5.41) is 16.8. The van der Waals surface area contributed by atoms with Crippen molar-refractivity contribution in [1.29, 1.82) is 0 Å². The quantitative estimate of drug-likeness (QED) is 0.123. The van der Waals surface area contributed by atoms with E-state index in [0.717, 1.165) is 49.0 Å². The van der Waals surface area contributed by atoms with E-state index >= 15 is 0 Å². The van der Waals surface area contributed by atoms with E-state index in [1.54, 1.807) is 12.1 Å². The molecule has 0 spiro atoms. The second-order valence-electron chi connectivity index (χ2n) is 10.4. The molecule has 6 heteroatoms. The van der Waals surface area contributed by atoms with Crippen LogP contribution in [0, 0.1) is 10.1 Å². The van der Waals surface area contributed by atoms with Gasteiger partial charge in [0.15, 0.2) is 0 Å². The summed E-state index contributed by atoms with van der Waals surface area (Å²) < 4.78 is 7.82. The zero-order valence-electron chi connectivity index (χ0n) is 22.7. The zero-order valence-corrected chi connectivity index (χ0v) is 23.6. The summed E-state index contributed by atoms with van der Waals surface area (Å²) >= 11 is 0. The monoisotopic (exact) mass is 566 g/mol. The third-order valence-electron chi connectivity index (χ3n) is 8.19. The van der Waals surface area contributed by atoms with Crippen molar-refractivity contribution in [1.82, 2.24) is 4.98 Å². The Balaban J connectivity index is 1.67. The number of nitro groups is 1. The maximum atomic E-state index is 11.4. The minimum atomic E-state index is -3.93. The first kappa shape index (κ1) is 25.8. The van der Waals surface area contributed by atoms with Gasteiger partial charge in [-0.3, -0.25) is 0 Å². The van der Waals surface area contributed by atoms with Gasteiger partial charge in [-0.2, -0.15) is 0 Å². The first-order valence-corrected chi connectivity index (χ1v) is 16.0. The van der Waals surface area contributed by atoms with Crippen molar-refractivity contribution >= 4 is 45.4 Å². The molecule has 5 nitrogen and oxygen atoms in total. The number of benzene rings is 5. The number of rotatable bonds is 5. The average Bonchev–Trinajstić information content (AvgIpc) is 3.06. The van der Waals surface area contributed by atoms with Crippen LogP contribution in [-0.4, -0.2) is 9.91 Å². The molecular weight excluding hydrogens is 539 g/mol. The first-order chi connectivity index (χ1) is 20.6. The van der Waals surface area contributed by atoms with Gasteiger partial charge in [0.1, 0.15) is 0 Å². The molecule has 0 amide bonds. The molecule has 7 rings (SSSR count). The number of hydrogen-bond donors (Lipinski definition) is 0. The molecule has 0 saturated heterocycles. The van der Waals surface area contributed by atoms with E-state index in [1.807, 2.05) is 42.6 Å². The second-order valence-corrected chi connectivity index (χ2v) is 14.8. The Bertz CT molecular complexity index is 1860. The molecule has 1 aliphatic heterocycles. The molecule has 0 unspecified atom stereocenters. The predicted molar refractivity (Wildman–Crippen MR) is 172 cm³/mol. The minimum absolute atomic E-state index is 0.0617. The number of nitro benzene ring substituents is 1. The molecular formula is C36H27N2O3P. The van der Waals surface area contributed by atoms with Gasteiger partial charge in [-0.25, -0.2) is 0 Å². The van der Waals surface area contributed by atoms with Gasteiger partial charge in [-0.1, -0.05) is 0 Å². The van der Waals surface area contributed by atoms with Gasteiger partial charge >= 0.3 is 244 Å². The Morgan fingerprint density at radius 2 is 1.26 bits per heavy atom. The van der Waals surface area contributed by atoms with Crippen molar-refractivity contribution in [2.24, 2.45) is 0 Å². The van der Waals surface area contributed by atoms with Gasteiger partial charge in [0, 0.05) is 0 Å². The number of fused-ring (bicyclic) bond motifs is 3. The van der Waals surface area contributed by atoms with Crippen LogP contribution >= 0.6 is 6.83 Å². The molecule has 0 atom stereocenters. The Morgan fingerprint density at radius 3 is 1.81 bits per heavy atom. The number of allylic oxidation sites excluding steroid dienone is 1. The summed E-state index contributed by atoms with van der Waals surface area (Å²) in [6, 6.07) is 46.5. The Morgan fingerprint density at radius 1 is 0.690 bits per heavy atom. The number of non-ortho nitro benzene ring substituents is 1. The number of aromatic nitrogens is 1. The molecule has 0 bridgehead atoms. The fourth-order valence-electron chi connectivity index (χ4n) is 6.29. The molecule has 0 fully saturated rings. The van der Waals surface area contributed by atoms with E-state index in [2.05, 4.69) is 97.1 Å². The fourth-order valence-corrected chi connectivity index (χ4v) is 12.3. The van der Waals surface area contributed by atoms with Crippen molar-refractivity contribution in [3.8, 4) is 5.75 Å².